The first-order chi connectivity index (χ1) is 11.8. The van der Waals surface area contributed by atoms with Crippen LogP contribution in [0.2, 0.25) is 10.0 Å². The lowest BCUT2D eigenvalue weighted by molar-refractivity contribution is -0.136. The number of carbonyl (C=O) groups excluding carboxylic acids is 2. The molecule has 0 atom stereocenters. The molecule has 0 spiro atoms. The van der Waals surface area contributed by atoms with Gasteiger partial charge >= 0.3 is 0 Å². The monoisotopic (exact) mass is 378 g/mol. The number of hydrogen-bond acceptors (Lipinski definition) is 2. The van der Waals surface area contributed by atoms with Crippen LogP contribution in [0.25, 0.3) is 0 Å². The van der Waals surface area contributed by atoms with E-state index in [1.54, 1.807) is 23.1 Å². The van der Waals surface area contributed by atoms with E-state index >= 15 is 0 Å². The third kappa shape index (κ3) is 6.07. The molecule has 2 rings (SSSR count). The fourth-order valence-corrected chi connectivity index (χ4v) is 2.93. The molecule has 2 aromatic carbocycles. The topological polar surface area (TPSA) is 49.4 Å². The Labute approximate surface area is 157 Å². The molecule has 0 aliphatic carbocycles. The van der Waals surface area contributed by atoms with Crippen molar-refractivity contribution in [3.8, 4) is 0 Å². The zero-order chi connectivity index (χ0) is 18.4. The van der Waals surface area contributed by atoms with E-state index in [0.717, 1.165) is 5.56 Å². The van der Waals surface area contributed by atoms with E-state index in [-0.39, 0.29) is 18.4 Å². The average molecular weight is 379 g/mol. The van der Waals surface area contributed by atoms with Crippen molar-refractivity contribution in [2.24, 2.45) is 0 Å². The largest absolute Gasteiger partial charge is 0.336 e. The summed E-state index contributed by atoms with van der Waals surface area (Å²) in [7, 11) is 0. The molecule has 0 saturated heterocycles. The maximum absolute atomic E-state index is 12.5. The van der Waals surface area contributed by atoms with Crippen LogP contribution in [0.3, 0.4) is 0 Å². The molecule has 0 heterocycles. The molecule has 1 N–H and O–H groups in total. The molecule has 0 radical (unpaired) electrons. The van der Waals surface area contributed by atoms with Gasteiger partial charge in [-0.05, 0) is 37.6 Å². The molecule has 2 amide bonds. The van der Waals surface area contributed by atoms with Gasteiger partial charge in [0.15, 0.2) is 0 Å². The third-order valence-electron chi connectivity index (χ3n) is 3.60. The first kappa shape index (κ1) is 19.3. The Kier molecular flexibility index (Phi) is 6.85. The first-order valence-corrected chi connectivity index (χ1v) is 8.70. The van der Waals surface area contributed by atoms with Crippen LogP contribution in [0, 0.1) is 0 Å². The Morgan fingerprint density at radius 2 is 1.64 bits per heavy atom. The lowest BCUT2D eigenvalue weighted by atomic mass is 10.1. The van der Waals surface area contributed by atoms with Gasteiger partial charge in [-0.3, -0.25) is 9.59 Å². The second-order valence-corrected chi connectivity index (χ2v) is 6.86. The highest BCUT2D eigenvalue weighted by molar-refractivity contribution is 6.35. The van der Waals surface area contributed by atoms with Crippen LogP contribution >= 0.6 is 23.2 Å². The molecule has 0 aliphatic rings. The van der Waals surface area contributed by atoms with Crippen molar-refractivity contribution in [1.29, 1.82) is 0 Å². The lowest BCUT2D eigenvalue weighted by Crippen LogP contribution is -2.38. The molecule has 0 bridgehead atoms. The average Bonchev–Trinajstić information content (AvgIpc) is 2.52. The summed E-state index contributed by atoms with van der Waals surface area (Å²) in [4.78, 5) is 26.4. The van der Waals surface area contributed by atoms with Crippen molar-refractivity contribution < 1.29 is 9.59 Å². The Bertz CT molecular complexity index is 728. The van der Waals surface area contributed by atoms with Gasteiger partial charge in [-0.2, -0.15) is 0 Å². The number of nitrogens with zero attached hydrogens (tertiary/aromatic N) is 1. The SMILES string of the molecule is CC(C)N(Cc1ccccc1)C(=O)CC(=O)Nc1cc(Cl)cc(Cl)c1. The van der Waals surface area contributed by atoms with E-state index < -0.39 is 5.91 Å². The van der Waals surface area contributed by atoms with E-state index in [4.69, 9.17) is 23.2 Å². The smallest absolute Gasteiger partial charge is 0.233 e. The number of halogens is 2. The highest BCUT2D eigenvalue weighted by Gasteiger charge is 2.20. The summed E-state index contributed by atoms with van der Waals surface area (Å²) in [5.41, 5.74) is 1.49. The highest BCUT2D eigenvalue weighted by atomic mass is 35.5. The maximum Gasteiger partial charge on any atom is 0.233 e. The van der Waals surface area contributed by atoms with Crippen LogP contribution in [0.5, 0.6) is 0 Å². The number of hydrogen-bond donors (Lipinski definition) is 1. The van der Waals surface area contributed by atoms with Crippen LogP contribution in [0.1, 0.15) is 25.8 Å². The van der Waals surface area contributed by atoms with Gasteiger partial charge in [0.05, 0.1) is 0 Å². The summed E-state index contributed by atoms with van der Waals surface area (Å²) in [6.07, 6.45) is -0.241. The molecule has 25 heavy (non-hydrogen) atoms. The molecule has 0 aromatic heterocycles. The molecular formula is C19H20Cl2N2O2. The van der Waals surface area contributed by atoms with Gasteiger partial charge in [-0.25, -0.2) is 0 Å². The van der Waals surface area contributed by atoms with Gasteiger partial charge in [0.25, 0.3) is 0 Å². The Morgan fingerprint density at radius 1 is 1.04 bits per heavy atom. The molecule has 0 aliphatic heterocycles. The molecule has 0 unspecified atom stereocenters. The first-order valence-electron chi connectivity index (χ1n) is 7.94. The Balaban J connectivity index is 2.01. The van der Waals surface area contributed by atoms with Crippen molar-refractivity contribution in [2.45, 2.75) is 32.9 Å². The number of anilines is 1. The zero-order valence-corrected chi connectivity index (χ0v) is 15.6. The predicted octanol–water partition coefficient (Wildman–Crippen LogP) is 4.76. The van der Waals surface area contributed by atoms with Crippen molar-refractivity contribution in [1.82, 2.24) is 4.90 Å². The van der Waals surface area contributed by atoms with E-state index in [1.807, 2.05) is 44.2 Å². The number of nitrogens with one attached hydrogen (secondary N) is 1. The number of amides is 2. The molecule has 132 valence electrons. The second-order valence-electron chi connectivity index (χ2n) is 5.98. The van der Waals surface area contributed by atoms with Crippen LogP contribution in [0.15, 0.2) is 48.5 Å². The van der Waals surface area contributed by atoms with Gasteiger partial charge in [0, 0.05) is 28.3 Å². The van der Waals surface area contributed by atoms with Crippen molar-refractivity contribution >= 4 is 40.7 Å². The molecule has 4 nitrogen and oxygen atoms in total. The van der Waals surface area contributed by atoms with Crippen LogP contribution in [0.4, 0.5) is 5.69 Å². The lowest BCUT2D eigenvalue weighted by Gasteiger charge is -2.26. The third-order valence-corrected chi connectivity index (χ3v) is 4.03. The van der Waals surface area contributed by atoms with Gasteiger partial charge in [-0.15, -0.1) is 0 Å². The zero-order valence-electron chi connectivity index (χ0n) is 14.1. The standard InChI is InChI=1S/C19H20Cl2N2O2/c1-13(2)23(12-14-6-4-3-5-7-14)19(25)11-18(24)22-17-9-15(20)8-16(21)10-17/h3-10,13H,11-12H2,1-2H3,(H,22,24). The summed E-state index contributed by atoms with van der Waals surface area (Å²) in [6.45, 7) is 4.32. The Hall–Kier alpha value is -2.04. The fourth-order valence-electron chi connectivity index (χ4n) is 2.41. The summed E-state index contributed by atoms with van der Waals surface area (Å²) in [5, 5.41) is 3.49. The molecule has 2 aromatic rings. The Morgan fingerprint density at radius 3 is 2.20 bits per heavy atom. The number of rotatable bonds is 6. The van der Waals surface area contributed by atoms with Crippen LogP contribution in [-0.4, -0.2) is 22.8 Å². The van der Waals surface area contributed by atoms with Crippen LogP contribution < -0.4 is 5.32 Å². The number of benzene rings is 2. The fraction of sp³-hybridized carbons (Fsp3) is 0.263. The number of carbonyl (C=O) groups is 2. The van der Waals surface area contributed by atoms with Gasteiger partial charge in [-0.1, -0.05) is 53.5 Å². The van der Waals surface area contributed by atoms with E-state index in [9.17, 15) is 9.59 Å². The molecule has 0 fully saturated rings. The molecular weight excluding hydrogens is 359 g/mol. The minimum Gasteiger partial charge on any atom is -0.336 e. The van der Waals surface area contributed by atoms with Crippen molar-refractivity contribution in [2.75, 3.05) is 5.32 Å². The minimum absolute atomic E-state index is 0.0129. The minimum atomic E-state index is -0.401. The quantitative estimate of drug-likeness (QED) is 0.736. The summed E-state index contributed by atoms with van der Waals surface area (Å²) in [6, 6.07) is 14.4. The van der Waals surface area contributed by atoms with E-state index in [2.05, 4.69) is 5.32 Å². The van der Waals surface area contributed by atoms with Crippen molar-refractivity contribution in [3.63, 3.8) is 0 Å². The summed E-state index contributed by atoms with van der Waals surface area (Å²) >= 11 is 11.8. The molecule has 6 heteroatoms. The highest BCUT2D eigenvalue weighted by Crippen LogP contribution is 2.22. The van der Waals surface area contributed by atoms with Gasteiger partial charge in [0.1, 0.15) is 6.42 Å². The second kappa shape index (κ2) is 8.88. The van der Waals surface area contributed by atoms with Crippen molar-refractivity contribution in [3.05, 3.63) is 64.1 Å². The van der Waals surface area contributed by atoms with E-state index in [0.29, 0.717) is 22.3 Å². The van der Waals surface area contributed by atoms with Gasteiger partial charge < -0.3 is 10.2 Å². The predicted molar refractivity (Wildman–Crippen MR) is 102 cm³/mol. The summed E-state index contributed by atoms with van der Waals surface area (Å²) in [5.74, 6) is -0.633. The van der Waals surface area contributed by atoms with E-state index in [1.165, 1.54) is 0 Å². The maximum atomic E-state index is 12.5. The van der Waals surface area contributed by atoms with Gasteiger partial charge in [0.2, 0.25) is 11.8 Å². The normalized spacial score (nSPS) is 10.6. The molecule has 0 saturated carbocycles. The van der Waals surface area contributed by atoms with Crippen LogP contribution in [-0.2, 0) is 16.1 Å². The summed E-state index contributed by atoms with van der Waals surface area (Å²) < 4.78 is 0.